The van der Waals surface area contributed by atoms with Crippen LogP contribution in [0, 0.1) is 0 Å². The molecule has 0 saturated carbocycles. The van der Waals surface area contributed by atoms with Gasteiger partial charge in [-0.1, -0.05) is 164 Å². The van der Waals surface area contributed by atoms with Gasteiger partial charge in [0.2, 0.25) is 0 Å². The Balaban J connectivity index is 1.02. The first-order valence-electron chi connectivity index (χ1n) is 20.7. The minimum absolute atomic E-state index is 0.405. The normalized spacial score (nSPS) is 16.5. The van der Waals surface area contributed by atoms with Crippen molar-refractivity contribution >= 4 is 21.5 Å². The standard InChI is InChI=1S/C58H34O/c1-2-14-36-31-52-46(29-35(36)13-1)44-20-8-12-24-50(44)57(52)49-23-11-7-19-43(49)45-30-39(25-27-51(45)57)40-26-28-55-53(33-40)58(54-32-37-15-3-4-16-38(37)34-56(54)59-55)47-21-9-5-17-41(47)42-18-6-10-22-48(42)58/h1-34H. The van der Waals surface area contributed by atoms with Crippen LogP contribution in [0.25, 0.3) is 66.1 Å². The smallest absolute Gasteiger partial charge is 0.132 e. The second kappa shape index (κ2) is 11.1. The van der Waals surface area contributed by atoms with Gasteiger partial charge in [-0.15, -0.1) is 0 Å². The molecule has 1 heteroatoms. The average molecular weight is 747 g/mol. The number of ether oxygens (including phenoxy) is 1. The summed E-state index contributed by atoms with van der Waals surface area (Å²) in [7, 11) is 0. The number of fused-ring (bicyclic) bond motifs is 21. The quantitative estimate of drug-likeness (QED) is 0.163. The van der Waals surface area contributed by atoms with Gasteiger partial charge in [-0.2, -0.15) is 0 Å². The van der Waals surface area contributed by atoms with Gasteiger partial charge in [0.05, 0.1) is 10.8 Å². The van der Waals surface area contributed by atoms with Gasteiger partial charge in [-0.3, -0.25) is 0 Å². The lowest BCUT2D eigenvalue weighted by molar-refractivity contribution is 0.437. The summed E-state index contributed by atoms with van der Waals surface area (Å²) in [6.45, 7) is 0. The van der Waals surface area contributed by atoms with Crippen LogP contribution in [0.3, 0.4) is 0 Å². The predicted molar refractivity (Wildman–Crippen MR) is 241 cm³/mol. The molecule has 10 aromatic rings. The molecule has 0 radical (unpaired) electrons. The van der Waals surface area contributed by atoms with Crippen molar-refractivity contribution in [2.45, 2.75) is 10.8 Å². The summed E-state index contributed by atoms with van der Waals surface area (Å²) in [5.41, 5.74) is 19.6. The molecule has 1 nitrogen and oxygen atoms in total. The fourth-order valence-corrected chi connectivity index (χ4v) is 11.8. The van der Waals surface area contributed by atoms with Crippen LogP contribution in [0.15, 0.2) is 206 Å². The van der Waals surface area contributed by atoms with Crippen molar-refractivity contribution in [1.82, 2.24) is 0 Å². The van der Waals surface area contributed by atoms with Gasteiger partial charge < -0.3 is 4.74 Å². The highest BCUT2D eigenvalue weighted by atomic mass is 16.5. The molecule has 1 unspecified atom stereocenters. The van der Waals surface area contributed by atoms with Gasteiger partial charge in [-0.25, -0.2) is 0 Å². The van der Waals surface area contributed by atoms with Crippen molar-refractivity contribution in [3.05, 3.63) is 251 Å². The monoisotopic (exact) mass is 746 g/mol. The zero-order chi connectivity index (χ0) is 38.5. The Labute approximate surface area is 342 Å². The van der Waals surface area contributed by atoms with Crippen LogP contribution in [-0.4, -0.2) is 0 Å². The van der Waals surface area contributed by atoms with Crippen LogP contribution in [-0.2, 0) is 10.8 Å². The summed E-state index contributed by atoms with van der Waals surface area (Å²) in [6.07, 6.45) is 0. The third kappa shape index (κ3) is 3.82. The maximum absolute atomic E-state index is 6.97. The topological polar surface area (TPSA) is 9.23 Å². The second-order valence-corrected chi connectivity index (χ2v) is 16.7. The van der Waals surface area contributed by atoms with E-state index in [1.165, 1.54) is 111 Å². The van der Waals surface area contributed by atoms with Crippen LogP contribution >= 0.6 is 0 Å². The molecule has 0 fully saturated rings. The minimum atomic E-state index is -0.552. The summed E-state index contributed by atoms with van der Waals surface area (Å²) in [4.78, 5) is 0. The first kappa shape index (κ1) is 31.6. The van der Waals surface area contributed by atoms with Crippen molar-refractivity contribution in [2.24, 2.45) is 0 Å². The fourth-order valence-electron chi connectivity index (χ4n) is 11.8. The van der Waals surface area contributed by atoms with E-state index >= 15 is 0 Å². The SMILES string of the molecule is c1ccc2c(c1)-c1ccccc1C21c2cc(-c3ccc4c(c3)-c3ccccc3C43c4ccccc4-c4cc5ccccc5cc43)ccc2Oc2cc3ccccc3cc21. The minimum Gasteiger partial charge on any atom is -0.457 e. The molecule has 59 heavy (non-hydrogen) atoms. The van der Waals surface area contributed by atoms with E-state index in [1.807, 2.05) is 0 Å². The second-order valence-electron chi connectivity index (χ2n) is 16.7. The van der Waals surface area contributed by atoms with Crippen molar-refractivity contribution in [2.75, 3.05) is 0 Å². The van der Waals surface area contributed by atoms with E-state index in [9.17, 15) is 0 Å². The van der Waals surface area contributed by atoms with E-state index in [-0.39, 0.29) is 0 Å². The van der Waals surface area contributed by atoms with Gasteiger partial charge in [0.1, 0.15) is 11.5 Å². The number of rotatable bonds is 1. The van der Waals surface area contributed by atoms with Crippen LogP contribution in [0.5, 0.6) is 11.5 Å². The van der Waals surface area contributed by atoms with Gasteiger partial charge in [-0.05, 0) is 142 Å². The molecule has 0 amide bonds. The molecule has 10 aromatic carbocycles. The Bertz CT molecular complexity index is 3450. The molecule has 14 rings (SSSR count). The zero-order valence-corrected chi connectivity index (χ0v) is 32.0. The summed E-state index contributed by atoms with van der Waals surface area (Å²) < 4.78 is 6.97. The van der Waals surface area contributed by atoms with Gasteiger partial charge in [0, 0.05) is 11.1 Å². The third-order valence-electron chi connectivity index (χ3n) is 14.1. The Hall–Kier alpha value is -7.48. The van der Waals surface area contributed by atoms with E-state index in [0.29, 0.717) is 0 Å². The number of hydrogen-bond donors (Lipinski definition) is 0. The first-order chi connectivity index (χ1) is 29.2. The molecular weight excluding hydrogens is 713 g/mol. The van der Waals surface area contributed by atoms with E-state index in [0.717, 1.165) is 11.5 Å². The summed E-state index contributed by atoms with van der Waals surface area (Å²) >= 11 is 0. The molecule has 0 saturated heterocycles. The molecule has 1 aliphatic heterocycles. The molecule has 2 spiro atoms. The van der Waals surface area contributed by atoms with Gasteiger partial charge >= 0.3 is 0 Å². The Morgan fingerprint density at radius 3 is 1.22 bits per heavy atom. The van der Waals surface area contributed by atoms with Crippen LogP contribution < -0.4 is 4.74 Å². The van der Waals surface area contributed by atoms with Crippen molar-refractivity contribution in [3.8, 4) is 56.0 Å². The summed E-state index contributed by atoms with van der Waals surface area (Å²) in [5.74, 6) is 1.82. The highest BCUT2D eigenvalue weighted by Crippen LogP contribution is 2.65. The highest BCUT2D eigenvalue weighted by molar-refractivity contribution is 6.01. The lowest BCUT2D eigenvalue weighted by atomic mass is 9.65. The number of benzene rings is 10. The molecule has 0 aromatic heterocycles. The molecular formula is C58H34O. The molecule has 0 bridgehead atoms. The van der Waals surface area contributed by atoms with Crippen molar-refractivity contribution in [3.63, 3.8) is 0 Å². The lowest BCUT2D eigenvalue weighted by Gasteiger charge is -2.40. The zero-order valence-electron chi connectivity index (χ0n) is 32.0. The number of hydrogen-bond acceptors (Lipinski definition) is 1. The Kier molecular flexibility index (Phi) is 5.96. The fraction of sp³-hybridized carbons (Fsp3) is 0.0345. The van der Waals surface area contributed by atoms with Crippen LogP contribution in [0.4, 0.5) is 0 Å². The molecule has 4 aliphatic rings. The van der Waals surface area contributed by atoms with Gasteiger partial charge in [0.25, 0.3) is 0 Å². The molecule has 1 atom stereocenters. The first-order valence-corrected chi connectivity index (χ1v) is 20.7. The van der Waals surface area contributed by atoms with E-state index in [2.05, 4.69) is 206 Å². The van der Waals surface area contributed by atoms with Crippen LogP contribution in [0.2, 0.25) is 0 Å². The Morgan fingerprint density at radius 1 is 0.237 bits per heavy atom. The van der Waals surface area contributed by atoms with Crippen LogP contribution in [0.1, 0.15) is 44.5 Å². The third-order valence-corrected chi connectivity index (χ3v) is 14.1. The molecule has 0 N–H and O–H groups in total. The van der Waals surface area contributed by atoms with Gasteiger partial charge in [0.15, 0.2) is 0 Å². The van der Waals surface area contributed by atoms with Crippen molar-refractivity contribution in [1.29, 1.82) is 0 Å². The maximum Gasteiger partial charge on any atom is 0.132 e. The van der Waals surface area contributed by atoms with Crippen molar-refractivity contribution < 1.29 is 4.74 Å². The van der Waals surface area contributed by atoms with E-state index in [4.69, 9.17) is 4.74 Å². The lowest BCUT2D eigenvalue weighted by Crippen LogP contribution is -2.32. The maximum atomic E-state index is 6.97. The predicted octanol–water partition coefficient (Wildman–Crippen LogP) is 14.5. The summed E-state index contributed by atoms with van der Waals surface area (Å²) in [6, 6.07) is 77.3. The largest absolute Gasteiger partial charge is 0.457 e. The van der Waals surface area contributed by atoms with E-state index in [1.54, 1.807) is 0 Å². The summed E-state index contributed by atoms with van der Waals surface area (Å²) in [5, 5.41) is 4.94. The molecule has 1 heterocycles. The van der Waals surface area contributed by atoms with E-state index < -0.39 is 10.8 Å². The highest BCUT2D eigenvalue weighted by Gasteiger charge is 2.53. The Morgan fingerprint density at radius 2 is 0.627 bits per heavy atom. The molecule has 272 valence electrons. The average Bonchev–Trinajstić information content (AvgIpc) is 3.87. The molecule has 3 aliphatic carbocycles.